The van der Waals surface area contributed by atoms with E-state index in [9.17, 15) is 0 Å². The van der Waals surface area contributed by atoms with Crippen molar-refractivity contribution in [1.82, 2.24) is 0 Å². The molecule has 0 spiro atoms. The Kier molecular flexibility index (Phi) is 4.77. The summed E-state index contributed by atoms with van der Waals surface area (Å²) in [6, 6.07) is 2.20. The van der Waals surface area contributed by atoms with Crippen LogP contribution in [0, 0.1) is 0 Å². The standard InChI is InChI=1S/C11H18BrNOS/c1-3-9(13)11(2,4-5-14)10-6-8(12)7-15-10/h6-7,9,14H,3-5,13H2,1-2H3. The van der Waals surface area contributed by atoms with Crippen molar-refractivity contribution in [2.75, 3.05) is 6.61 Å². The number of aliphatic hydroxyl groups is 1. The van der Waals surface area contributed by atoms with Crippen LogP contribution < -0.4 is 5.73 Å². The lowest BCUT2D eigenvalue weighted by atomic mass is 9.77. The van der Waals surface area contributed by atoms with Crippen LogP contribution in [0.15, 0.2) is 15.9 Å². The number of hydrogen-bond acceptors (Lipinski definition) is 3. The Morgan fingerprint density at radius 3 is 2.73 bits per heavy atom. The van der Waals surface area contributed by atoms with Gasteiger partial charge in [-0.1, -0.05) is 13.8 Å². The second kappa shape index (κ2) is 5.43. The summed E-state index contributed by atoms with van der Waals surface area (Å²) in [4.78, 5) is 1.25. The van der Waals surface area contributed by atoms with Crippen LogP contribution in [0.3, 0.4) is 0 Å². The Morgan fingerprint density at radius 1 is 1.67 bits per heavy atom. The van der Waals surface area contributed by atoms with Crippen molar-refractivity contribution in [3.8, 4) is 0 Å². The molecule has 0 aliphatic rings. The topological polar surface area (TPSA) is 46.2 Å². The van der Waals surface area contributed by atoms with Gasteiger partial charge in [-0.05, 0) is 34.8 Å². The Bertz CT molecular complexity index is 315. The highest BCUT2D eigenvalue weighted by Crippen LogP contribution is 2.37. The fourth-order valence-electron chi connectivity index (χ4n) is 1.79. The highest BCUT2D eigenvalue weighted by molar-refractivity contribution is 9.10. The van der Waals surface area contributed by atoms with E-state index in [1.807, 2.05) is 0 Å². The van der Waals surface area contributed by atoms with Crippen LogP contribution in [0.5, 0.6) is 0 Å². The first kappa shape index (κ1) is 13.2. The van der Waals surface area contributed by atoms with Gasteiger partial charge >= 0.3 is 0 Å². The molecular formula is C11H18BrNOS. The Balaban J connectivity index is 3.00. The van der Waals surface area contributed by atoms with Crippen molar-refractivity contribution in [1.29, 1.82) is 0 Å². The summed E-state index contributed by atoms with van der Waals surface area (Å²) in [5, 5.41) is 11.2. The molecule has 0 radical (unpaired) electrons. The van der Waals surface area contributed by atoms with E-state index in [-0.39, 0.29) is 18.1 Å². The van der Waals surface area contributed by atoms with Crippen LogP contribution in [-0.4, -0.2) is 17.8 Å². The molecule has 0 saturated carbocycles. The van der Waals surface area contributed by atoms with Gasteiger partial charge in [-0.2, -0.15) is 0 Å². The molecule has 1 rings (SSSR count). The van der Waals surface area contributed by atoms with Crippen molar-refractivity contribution >= 4 is 27.3 Å². The molecule has 3 N–H and O–H groups in total. The smallest absolute Gasteiger partial charge is 0.0440 e. The quantitative estimate of drug-likeness (QED) is 0.876. The number of rotatable bonds is 5. The minimum Gasteiger partial charge on any atom is -0.396 e. The molecule has 0 aromatic carbocycles. The number of thiophene rings is 1. The van der Waals surface area contributed by atoms with E-state index >= 15 is 0 Å². The minimum atomic E-state index is -0.111. The molecule has 2 atom stereocenters. The maximum Gasteiger partial charge on any atom is 0.0440 e. The molecule has 0 aliphatic heterocycles. The van der Waals surface area contributed by atoms with E-state index in [1.54, 1.807) is 11.3 Å². The fraction of sp³-hybridized carbons (Fsp3) is 0.636. The first-order valence-corrected chi connectivity index (χ1v) is 6.82. The van der Waals surface area contributed by atoms with Crippen molar-refractivity contribution in [3.63, 3.8) is 0 Å². The average molecular weight is 292 g/mol. The van der Waals surface area contributed by atoms with Crippen molar-refractivity contribution in [2.24, 2.45) is 5.73 Å². The molecule has 0 bridgehead atoms. The van der Waals surface area contributed by atoms with Crippen molar-refractivity contribution in [2.45, 2.75) is 38.1 Å². The molecule has 2 nitrogen and oxygen atoms in total. The maximum absolute atomic E-state index is 9.15. The summed E-state index contributed by atoms with van der Waals surface area (Å²) in [5.74, 6) is 0. The summed E-state index contributed by atoms with van der Waals surface area (Å²) >= 11 is 5.16. The molecule has 0 fully saturated rings. The van der Waals surface area contributed by atoms with Gasteiger partial charge in [-0.25, -0.2) is 0 Å². The van der Waals surface area contributed by atoms with E-state index in [0.29, 0.717) is 0 Å². The monoisotopic (exact) mass is 291 g/mol. The second-order valence-electron chi connectivity index (χ2n) is 4.03. The number of halogens is 1. The lowest BCUT2D eigenvalue weighted by Gasteiger charge is -2.33. The molecule has 0 saturated heterocycles. The Labute approximate surface area is 104 Å². The minimum absolute atomic E-state index is 0.0928. The van der Waals surface area contributed by atoms with Gasteiger partial charge in [-0.15, -0.1) is 11.3 Å². The van der Waals surface area contributed by atoms with Crippen LogP contribution >= 0.6 is 27.3 Å². The van der Waals surface area contributed by atoms with Gasteiger partial charge in [0.15, 0.2) is 0 Å². The second-order valence-corrected chi connectivity index (χ2v) is 5.86. The molecule has 4 heteroatoms. The lowest BCUT2D eigenvalue weighted by Crippen LogP contribution is -2.42. The van der Waals surface area contributed by atoms with E-state index in [4.69, 9.17) is 10.8 Å². The van der Waals surface area contributed by atoms with Gasteiger partial charge in [0.2, 0.25) is 0 Å². The van der Waals surface area contributed by atoms with Crippen LogP contribution in [0.2, 0.25) is 0 Å². The highest BCUT2D eigenvalue weighted by Gasteiger charge is 2.33. The third-order valence-corrected chi connectivity index (χ3v) is 4.99. The molecule has 1 heterocycles. The van der Waals surface area contributed by atoms with Crippen molar-refractivity contribution < 1.29 is 5.11 Å². The summed E-state index contributed by atoms with van der Waals surface area (Å²) in [5.41, 5.74) is 6.05. The van der Waals surface area contributed by atoms with Crippen LogP contribution in [0.25, 0.3) is 0 Å². The molecule has 15 heavy (non-hydrogen) atoms. The Morgan fingerprint density at radius 2 is 2.33 bits per heavy atom. The number of nitrogens with two attached hydrogens (primary N) is 1. The largest absolute Gasteiger partial charge is 0.396 e. The summed E-state index contributed by atoms with van der Waals surface area (Å²) in [6.07, 6.45) is 1.64. The molecule has 1 aromatic heterocycles. The highest BCUT2D eigenvalue weighted by atomic mass is 79.9. The number of aliphatic hydroxyl groups excluding tert-OH is 1. The molecule has 2 unspecified atom stereocenters. The predicted molar refractivity (Wildman–Crippen MR) is 69.3 cm³/mol. The summed E-state index contributed by atoms with van der Waals surface area (Å²) in [7, 11) is 0. The SMILES string of the molecule is CCC(N)C(C)(CCO)c1cc(Br)cs1. The van der Waals surface area contributed by atoms with Gasteiger partial charge in [0.25, 0.3) is 0 Å². The van der Waals surface area contributed by atoms with Crippen LogP contribution in [-0.2, 0) is 5.41 Å². The molecule has 1 aromatic rings. The van der Waals surface area contributed by atoms with Gasteiger partial charge in [0.1, 0.15) is 0 Å². The van der Waals surface area contributed by atoms with Gasteiger partial charge < -0.3 is 10.8 Å². The number of hydrogen-bond donors (Lipinski definition) is 2. The fourth-order valence-corrected chi connectivity index (χ4v) is 3.47. The van der Waals surface area contributed by atoms with Gasteiger partial charge in [0.05, 0.1) is 0 Å². The first-order valence-electron chi connectivity index (χ1n) is 5.15. The summed E-state index contributed by atoms with van der Waals surface area (Å²) in [6.45, 7) is 4.40. The molecule has 86 valence electrons. The van der Waals surface area contributed by atoms with E-state index < -0.39 is 0 Å². The van der Waals surface area contributed by atoms with Crippen LogP contribution in [0.4, 0.5) is 0 Å². The zero-order valence-electron chi connectivity index (χ0n) is 9.16. The normalized spacial score (nSPS) is 17.4. The zero-order chi connectivity index (χ0) is 11.5. The molecular weight excluding hydrogens is 274 g/mol. The van der Waals surface area contributed by atoms with Crippen molar-refractivity contribution in [3.05, 3.63) is 20.8 Å². The van der Waals surface area contributed by atoms with E-state index in [0.717, 1.165) is 17.3 Å². The third kappa shape index (κ3) is 2.81. The molecule has 0 aliphatic carbocycles. The van der Waals surface area contributed by atoms with E-state index in [1.165, 1.54) is 4.88 Å². The van der Waals surface area contributed by atoms with Gasteiger partial charge in [-0.3, -0.25) is 0 Å². The average Bonchev–Trinajstić information content (AvgIpc) is 2.64. The lowest BCUT2D eigenvalue weighted by molar-refractivity contribution is 0.225. The third-order valence-electron chi connectivity index (χ3n) is 3.02. The summed E-state index contributed by atoms with van der Waals surface area (Å²) < 4.78 is 1.09. The Hall–Kier alpha value is 0.1000. The van der Waals surface area contributed by atoms with E-state index in [2.05, 4.69) is 41.2 Å². The van der Waals surface area contributed by atoms with Gasteiger partial charge in [0, 0.05) is 32.8 Å². The van der Waals surface area contributed by atoms with Crippen LogP contribution in [0.1, 0.15) is 31.6 Å². The molecule has 0 amide bonds. The first-order chi connectivity index (χ1) is 7.04. The predicted octanol–water partition coefficient (Wildman–Crippen LogP) is 2.89. The zero-order valence-corrected chi connectivity index (χ0v) is 11.6. The maximum atomic E-state index is 9.15.